The Balaban J connectivity index is 1.79. The van der Waals surface area contributed by atoms with Crippen molar-refractivity contribution >= 4 is 5.57 Å². The molecule has 0 heterocycles. The predicted molar refractivity (Wildman–Crippen MR) is 135 cm³/mol. The van der Waals surface area contributed by atoms with Gasteiger partial charge in [-0.2, -0.15) is 0 Å². The van der Waals surface area contributed by atoms with Gasteiger partial charge in [0.1, 0.15) is 0 Å². The summed E-state index contributed by atoms with van der Waals surface area (Å²) < 4.78 is 0. The molecule has 32 heavy (non-hydrogen) atoms. The molecular formula is C32H28. The van der Waals surface area contributed by atoms with Crippen molar-refractivity contribution in [1.82, 2.24) is 0 Å². The van der Waals surface area contributed by atoms with Crippen LogP contribution in [0.25, 0.3) is 5.57 Å². The lowest BCUT2D eigenvalue weighted by atomic mass is 9.84. The van der Waals surface area contributed by atoms with Crippen LogP contribution in [0.3, 0.4) is 0 Å². The van der Waals surface area contributed by atoms with Gasteiger partial charge in [-0.05, 0) is 41.7 Å². The monoisotopic (exact) mass is 412 g/mol. The molecule has 0 heteroatoms. The first-order valence-corrected chi connectivity index (χ1v) is 11.4. The van der Waals surface area contributed by atoms with Gasteiger partial charge in [0.05, 0.1) is 5.41 Å². The van der Waals surface area contributed by atoms with Gasteiger partial charge >= 0.3 is 0 Å². The van der Waals surface area contributed by atoms with Crippen LogP contribution in [0.1, 0.15) is 40.3 Å². The highest BCUT2D eigenvalue weighted by atomic mass is 14.6. The number of rotatable bonds is 4. The molecular weight excluding hydrogens is 384 g/mol. The zero-order chi connectivity index (χ0) is 22.1. The lowest BCUT2D eigenvalue weighted by molar-refractivity contribution is 0.751. The maximum Gasteiger partial charge on any atom is 0.0558 e. The van der Waals surface area contributed by atoms with Gasteiger partial charge in [-0.15, -0.1) is 5.73 Å². The van der Waals surface area contributed by atoms with Gasteiger partial charge < -0.3 is 0 Å². The Hall–Kier alpha value is -3.60. The van der Waals surface area contributed by atoms with Gasteiger partial charge in [-0.3, -0.25) is 0 Å². The number of aryl methyl sites for hydroxylation is 2. The number of benzene rings is 4. The van der Waals surface area contributed by atoms with Crippen LogP contribution in [0.5, 0.6) is 0 Å². The summed E-state index contributed by atoms with van der Waals surface area (Å²) in [6.07, 6.45) is 0. The fraction of sp³-hybridized carbons (Fsp3) is 0.156. The number of allylic oxidation sites excluding steroid dienone is 1. The minimum absolute atomic E-state index is 0.129. The Morgan fingerprint density at radius 3 is 1.41 bits per heavy atom. The van der Waals surface area contributed by atoms with Crippen LogP contribution >= 0.6 is 0 Å². The fourth-order valence-corrected chi connectivity index (χ4v) is 4.95. The summed E-state index contributed by atoms with van der Waals surface area (Å²) >= 11 is 0. The van der Waals surface area contributed by atoms with Gasteiger partial charge in [0.15, 0.2) is 0 Å². The molecule has 0 spiro atoms. The lowest BCUT2D eigenvalue weighted by Gasteiger charge is -2.18. The molecule has 0 amide bonds. The average Bonchev–Trinajstić information content (AvgIpc) is 3.43. The van der Waals surface area contributed by atoms with E-state index in [-0.39, 0.29) is 5.41 Å². The van der Waals surface area contributed by atoms with E-state index in [9.17, 15) is 0 Å². The normalized spacial score (nSPS) is 16.3. The quantitative estimate of drug-likeness (QED) is 0.299. The minimum Gasteiger partial charge on any atom is -0.111 e. The molecule has 1 saturated carbocycles. The standard InChI is InChI=1S/C32H28/c1-23-14-18-28(19-15-23)32(29-20-16-24(2)17-21-29)25(3)31(32)22-30(26-10-6-4-7-11-26)27-12-8-5-9-13-27/h4-21,25H,1-3H3. The van der Waals surface area contributed by atoms with E-state index < -0.39 is 0 Å². The van der Waals surface area contributed by atoms with E-state index >= 15 is 0 Å². The number of hydrogen-bond acceptors (Lipinski definition) is 0. The largest absolute Gasteiger partial charge is 0.111 e. The third-order valence-corrected chi connectivity index (χ3v) is 6.82. The Labute approximate surface area is 191 Å². The number of hydrogen-bond donors (Lipinski definition) is 0. The van der Waals surface area contributed by atoms with Crippen LogP contribution in [-0.4, -0.2) is 0 Å². The third kappa shape index (κ3) is 3.44. The van der Waals surface area contributed by atoms with Gasteiger partial charge in [-0.1, -0.05) is 127 Å². The first-order chi connectivity index (χ1) is 15.6. The Bertz CT molecular complexity index is 1200. The molecule has 1 aliphatic carbocycles. The van der Waals surface area contributed by atoms with E-state index in [2.05, 4.69) is 136 Å². The maximum atomic E-state index is 3.92. The second-order valence-electron chi connectivity index (χ2n) is 8.91. The van der Waals surface area contributed by atoms with E-state index in [4.69, 9.17) is 0 Å². The SMILES string of the molecule is Cc1ccc(C2(c3ccc(C)cc3)C(=C=C(c3ccccc3)c3ccccc3)C2C)cc1. The van der Waals surface area contributed by atoms with Crippen LogP contribution in [0, 0.1) is 19.8 Å². The minimum atomic E-state index is -0.129. The molecule has 1 aliphatic rings. The van der Waals surface area contributed by atoms with Crippen molar-refractivity contribution in [3.05, 3.63) is 154 Å². The molecule has 1 unspecified atom stereocenters. The van der Waals surface area contributed by atoms with Crippen molar-refractivity contribution < 1.29 is 0 Å². The first kappa shape index (κ1) is 20.3. The molecule has 0 aromatic heterocycles. The van der Waals surface area contributed by atoms with Crippen molar-refractivity contribution in [2.24, 2.45) is 5.92 Å². The van der Waals surface area contributed by atoms with Crippen molar-refractivity contribution in [3.63, 3.8) is 0 Å². The van der Waals surface area contributed by atoms with Gasteiger partial charge in [0, 0.05) is 11.5 Å². The molecule has 0 bridgehead atoms. The van der Waals surface area contributed by atoms with Gasteiger partial charge in [0.2, 0.25) is 0 Å². The zero-order valence-corrected chi connectivity index (χ0v) is 19.0. The molecule has 1 atom stereocenters. The topological polar surface area (TPSA) is 0 Å². The first-order valence-electron chi connectivity index (χ1n) is 11.4. The van der Waals surface area contributed by atoms with Crippen LogP contribution in [-0.2, 0) is 5.41 Å². The Kier molecular flexibility index (Phi) is 5.17. The van der Waals surface area contributed by atoms with E-state index in [1.807, 2.05) is 0 Å². The smallest absolute Gasteiger partial charge is 0.0558 e. The van der Waals surface area contributed by atoms with Crippen molar-refractivity contribution in [2.45, 2.75) is 26.2 Å². The molecule has 0 N–H and O–H groups in total. The van der Waals surface area contributed by atoms with E-state index in [1.54, 1.807) is 0 Å². The van der Waals surface area contributed by atoms with E-state index in [0.29, 0.717) is 5.92 Å². The van der Waals surface area contributed by atoms with E-state index in [0.717, 1.165) is 5.57 Å². The molecule has 0 aliphatic heterocycles. The summed E-state index contributed by atoms with van der Waals surface area (Å²) in [6, 6.07) is 39.4. The van der Waals surface area contributed by atoms with Crippen molar-refractivity contribution in [1.29, 1.82) is 0 Å². The average molecular weight is 413 g/mol. The molecule has 1 fully saturated rings. The molecule has 4 aromatic carbocycles. The van der Waals surface area contributed by atoms with Crippen LogP contribution in [0.4, 0.5) is 0 Å². The highest BCUT2D eigenvalue weighted by Gasteiger charge is 2.59. The van der Waals surface area contributed by atoms with Gasteiger partial charge in [0.25, 0.3) is 0 Å². The zero-order valence-electron chi connectivity index (χ0n) is 19.0. The molecule has 0 nitrogen and oxygen atoms in total. The van der Waals surface area contributed by atoms with Crippen molar-refractivity contribution in [3.8, 4) is 0 Å². The summed E-state index contributed by atoms with van der Waals surface area (Å²) in [5.74, 6) is 0.385. The lowest BCUT2D eigenvalue weighted by Crippen LogP contribution is -2.12. The summed E-state index contributed by atoms with van der Waals surface area (Å²) in [6.45, 7) is 6.64. The highest BCUT2D eigenvalue weighted by Crippen LogP contribution is 2.63. The summed E-state index contributed by atoms with van der Waals surface area (Å²) in [4.78, 5) is 0. The Morgan fingerprint density at radius 2 is 1.00 bits per heavy atom. The van der Waals surface area contributed by atoms with Crippen LogP contribution in [0.15, 0.2) is 120 Å². The second-order valence-corrected chi connectivity index (χ2v) is 8.91. The molecule has 156 valence electrons. The fourth-order valence-electron chi connectivity index (χ4n) is 4.95. The molecule has 5 rings (SSSR count). The second kappa shape index (κ2) is 8.15. The molecule has 4 aromatic rings. The summed E-state index contributed by atoms with van der Waals surface area (Å²) in [5, 5.41) is 0. The predicted octanol–water partition coefficient (Wildman–Crippen LogP) is 7.90. The Morgan fingerprint density at radius 1 is 0.594 bits per heavy atom. The summed E-state index contributed by atoms with van der Waals surface area (Å²) in [7, 11) is 0. The van der Waals surface area contributed by atoms with Crippen LogP contribution < -0.4 is 0 Å². The third-order valence-electron chi connectivity index (χ3n) is 6.82. The van der Waals surface area contributed by atoms with Gasteiger partial charge in [-0.25, -0.2) is 0 Å². The molecule has 0 saturated heterocycles. The van der Waals surface area contributed by atoms with E-state index in [1.165, 1.54) is 39.0 Å². The maximum absolute atomic E-state index is 3.92. The van der Waals surface area contributed by atoms with Crippen LogP contribution in [0.2, 0.25) is 0 Å². The summed E-state index contributed by atoms with van der Waals surface area (Å²) in [5.41, 5.74) is 14.0. The molecule has 0 radical (unpaired) electrons. The van der Waals surface area contributed by atoms with Crippen molar-refractivity contribution in [2.75, 3.05) is 0 Å². The highest BCUT2D eigenvalue weighted by molar-refractivity contribution is 5.81.